The van der Waals surface area contributed by atoms with Crippen molar-refractivity contribution in [1.29, 1.82) is 0 Å². The first kappa shape index (κ1) is 18.0. The van der Waals surface area contributed by atoms with Gasteiger partial charge in [0.25, 0.3) is 5.91 Å². The van der Waals surface area contributed by atoms with Crippen LogP contribution in [0.5, 0.6) is 0 Å². The van der Waals surface area contributed by atoms with Crippen LogP contribution in [0, 0.1) is 12.7 Å². The number of hydrogen-bond donors (Lipinski definition) is 1. The van der Waals surface area contributed by atoms with Gasteiger partial charge in [0.05, 0.1) is 17.3 Å². The van der Waals surface area contributed by atoms with E-state index in [1.165, 1.54) is 12.1 Å². The second-order valence-electron chi connectivity index (χ2n) is 6.55. The summed E-state index contributed by atoms with van der Waals surface area (Å²) in [6.07, 6.45) is 1.55. The van der Waals surface area contributed by atoms with Gasteiger partial charge in [-0.2, -0.15) is 5.10 Å². The third kappa shape index (κ3) is 3.57. The van der Waals surface area contributed by atoms with E-state index in [1.54, 1.807) is 23.0 Å². The fraction of sp³-hybridized carbons (Fsp3) is 0.316. The summed E-state index contributed by atoms with van der Waals surface area (Å²) in [5.74, 6) is -0.506. The lowest BCUT2D eigenvalue weighted by atomic mass is 10.1. The molecule has 26 heavy (non-hydrogen) atoms. The van der Waals surface area contributed by atoms with Gasteiger partial charge in [0.1, 0.15) is 5.82 Å². The van der Waals surface area contributed by atoms with Gasteiger partial charge in [0.2, 0.25) is 0 Å². The van der Waals surface area contributed by atoms with Crippen LogP contribution in [0.25, 0.3) is 11.0 Å². The van der Waals surface area contributed by atoms with E-state index in [2.05, 4.69) is 15.4 Å². The minimum absolute atomic E-state index is 0.133. The Labute approximate surface area is 151 Å². The highest BCUT2D eigenvalue weighted by molar-refractivity contribution is 5.97. The molecule has 0 aliphatic rings. The van der Waals surface area contributed by atoms with Crippen molar-refractivity contribution in [3.05, 3.63) is 59.2 Å². The molecule has 0 aliphatic carbocycles. The van der Waals surface area contributed by atoms with Crippen LogP contribution in [0.1, 0.15) is 27.7 Å². The fourth-order valence-corrected chi connectivity index (χ4v) is 3.04. The Balaban J connectivity index is 1.77. The maximum absolute atomic E-state index is 13.5. The van der Waals surface area contributed by atoms with E-state index in [4.69, 9.17) is 0 Å². The number of fused-ring (bicyclic) bond motifs is 1. The van der Waals surface area contributed by atoms with Gasteiger partial charge in [-0.3, -0.25) is 9.48 Å². The van der Waals surface area contributed by atoms with Gasteiger partial charge in [-0.25, -0.2) is 9.37 Å². The molecule has 7 heteroatoms. The van der Waals surface area contributed by atoms with Crippen molar-refractivity contribution < 1.29 is 9.18 Å². The molecule has 0 spiro atoms. The van der Waals surface area contributed by atoms with Crippen molar-refractivity contribution >= 4 is 16.9 Å². The molecule has 0 bridgehead atoms. The molecule has 1 N–H and O–H groups in total. The molecule has 0 saturated heterocycles. The smallest absolute Gasteiger partial charge is 0.252 e. The topological polar surface area (TPSA) is 63.1 Å². The summed E-state index contributed by atoms with van der Waals surface area (Å²) in [6.45, 7) is 2.25. The Morgan fingerprint density at radius 2 is 2.12 bits per heavy atom. The average molecular weight is 355 g/mol. The number of likely N-dealkylation sites (N-methyl/N-ethyl adjacent to an activating group) is 1. The minimum Gasteiger partial charge on any atom is -0.350 e. The first-order valence-electron chi connectivity index (χ1n) is 8.36. The Morgan fingerprint density at radius 1 is 1.35 bits per heavy atom. The maximum Gasteiger partial charge on any atom is 0.252 e. The van der Waals surface area contributed by atoms with Gasteiger partial charge >= 0.3 is 0 Å². The number of halogens is 1. The van der Waals surface area contributed by atoms with Gasteiger partial charge in [-0.05, 0) is 44.8 Å². The molecule has 2 aromatic heterocycles. The zero-order valence-corrected chi connectivity index (χ0v) is 15.3. The largest absolute Gasteiger partial charge is 0.350 e. The molecule has 136 valence electrons. The number of hydrogen-bond acceptors (Lipinski definition) is 4. The average Bonchev–Trinajstić information content (AvgIpc) is 2.88. The highest BCUT2D eigenvalue weighted by atomic mass is 19.1. The van der Waals surface area contributed by atoms with Crippen molar-refractivity contribution in [2.24, 2.45) is 7.05 Å². The highest BCUT2D eigenvalue weighted by Gasteiger charge is 2.17. The van der Waals surface area contributed by atoms with Gasteiger partial charge in [-0.1, -0.05) is 12.1 Å². The summed E-state index contributed by atoms with van der Waals surface area (Å²) in [5.41, 5.74) is 2.86. The zero-order valence-electron chi connectivity index (χ0n) is 15.3. The number of rotatable bonds is 5. The molecule has 0 fully saturated rings. The number of nitrogens with zero attached hydrogens (tertiary/aromatic N) is 4. The number of aryl methyl sites for hydroxylation is 2. The van der Waals surface area contributed by atoms with E-state index in [1.807, 2.05) is 39.0 Å². The van der Waals surface area contributed by atoms with E-state index in [9.17, 15) is 9.18 Å². The molecule has 0 radical (unpaired) electrons. The van der Waals surface area contributed by atoms with Gasteiger partial charge < -0.3 is 10.2 Å². The second kappa shape index (κ2) is 7.21. The molecule has 0 aliphatic heterocycles. The van der Waals surface area contributed by atoms with Gasteiger partial charge in [0, 0.05) is 25.2 Å². The van der Waals surface area contributed by atoms with Crippen LogP contribution in [0.3, 0.4) is 0 Å². The number of amides is 1. The van der Waals surface area contributed by atoms with Gasteiger partial charge in [0.15, 0.2) is 5.65 Å². The normalized spacial score (nSPS) is 12.5. The lowest BCUT2D eigenvalue weighted by Gasteiger charge is -2.25. The van der Waals surface area contributed by atoms with Crippen LogP contribution >= 0.6 is 0 Å². The fourth-order valence-electron chi connectivity index (χ4n) is 3.04. The van der Waals surface area contributed by atoms with Crippen molar-refractivity contribution in [2.75, 3.05) is 20.6 Å². The molecular weight excluding hydrogens is 333 g/mol. The Hall–Kier alpha value is -2.80. The number of pyridine rings is 1. The number of carbonyl (C=O) groups excluding carboxylic acids is 1. The third-order valence-electron chi connectivity index (χ3n) is 4.44. The van der Waals surface area contributed by atoms with Crippen molar-refractivity contribution in [3.63, 3.8) is 0 Å². The number of nitrogens with one attached hydrogen (secondary N) is 1. The molecule has 1 atom stereocenters. The maximum atomic E-state index is 13.5. The van der Waals surface area contributed by atoms with Crippen LogP contribution < -0.4 is 5.32 Å². The van der Waals surface area contributed by atoms with Crippen LogP contribution in [-0.2, 0) is 7.05 Å². The number of aromatic nitrogens is 3. The molecule has 1 amide bonds. The summed E-state index contributed by atoms with van der Waals surface area (Å²) in [7, 11) is 5.62. The van der Waals surface area contributed by atoms with E-state index < -0.39 is 0 Å². The molecule has 2 heterocycles. The van der Waals surface area contributed by atoms with Gasteiger partial charge in [-0.15, -0.1) is 0 Å². The summed E-state index contributed by atoms with van der Waals surface area (Å²) in [6, 6.07) is 8.09. The van der Waals surface area contributed by atoms with Crippen LogP contribution in [0.15, 0.2) is 36.5 Å². The zero-order chi connectivity index (χ0) is 18.8. The molecule has 1 aromatic carbocycles. The predicted molar refractivity (Wildman–Crippen MR) is 98.4 cm³/mol. The third-order valence-corrected chi connectivity index (χ3v) is 4.44. The first-order valence-corrected chi connectivity index (χ1v) is 8.36. The summed E-state index contributed by atoms with van der Waals surface area (Å²) >= 11 is 0. The van der Waals surface area contributed by atoms with Crippen molar-refractivity contribution in [3.8, 4) is 0 Å². The molecule has 3 rings (SSSR count). The summed E-state index contributed by atoms with van der Waals surface area (Å²) in [5, 5.41) is 8.09. The summed E-state index contributed by atoms with van der Waals surface area (Å²) in [4.78, 5) is 18.8. The highest BCUT2D eigenvalue weighted by Crippen LogP contribution is 2.19. The lowest BCUT2D eigenvalue weighted by Crippen LogP contribution is -2.34. The summed E-state index contributed by atoms with van der Waals surface area (Å²) < 4.78 is 15.2. The lowest BCUT2D eigenvalue weighted by molar-refractivity contribution is 0.0941. The van der Waals surface area contributed by atoms with E-state index in [0.717, 1.165) is 22.3 Å². The van der Waals surface area contributed by atoms with Crippen LogP contribution in [-0.4, -0.2) is 46.2 Å². The SMILES string of the molecule is Cc1nn(C)c2ncc(C(=O)NCC(c3cccc(F)c3)N(C)C)cc12. The molecule has 6 nitrogen and oxygen atoms in total. The molecule has 3 aromatic rings. The minimum atomic E-state index is -0.289. The van der Waals surface area contributed by atoms with Crippen molar-refractivity contribution in [2.45, 2.75) is 13.0 Å². The molecule has 1 unspecified atom stereocenters. The quantitative estimate of drug-likeness (QED) is 0.764. The number of benzene rings is 1. The van der Waals surface area contributed by atoms with E-state index in [0.29, 0.717) is 12.1 Å². The first-order chi connectivity index (χ1) is 12.4. The Kier molecular flexibility index (Phi) is 4.99. The standard InChI is InChI=1S/C19H22FN5O/c1-12-16-9-14(10-21-18(16)25(4)23-12)19(26)22-11-17(24(2)3)13-6-5-7-15(20)8-13/h5-10,17H,11H2,1-4H3,(H,22,26). The number of carbonyl (C=O) groups is 1. The molecule has 0 saturated carbocycles. The Morgan fingerprint density at radius 3 is 2.81 bits per heavy atom. The second-order valence-corrected chi connectivity index (χ2v) is 6.55. The molecular formula is C19H22FN5O. The van der Waals surface area contributed by atoms with Crippen LogP contribution in [0.4, 0.5) is 4.39 Å². The Bertz CT molecular complexity index is 950. The van der Waals surface area contributed by atoms with Crippen molar-refractivity contribution in [1.82, 2.24) is 25.0 Å². The van der Waals surface area contributed by atoms with E-state index >= 15 is 0 Å². The monoisotopic (exact) mass is 355 g/mol. The predicted octanol–water partition coefficient (Wildman–Crippen LogP) is 2.45. The van der Waals surface area contributed by atoms with Crippen LogP contribution in [0.2, 0.25) is 0 Å². The van der Waals surface area contributed by atoms with E-state index in [-0.39, 0.29) is 17.8 Å².